The van der Waals surface area contributed by atoms with Crippen molar-refractivity contribution in [1.29, 1.82) is 0 Å². The van der Waals surface area contributed by atoms with E-state index in [4.69, 9.17) is 9.72 Å². The number of carbonyl (C=O) groups excluding carboxylic acids is 1. The van der Waals surface area contributed by atoms with Gasteiger partial charge in [-0.2, -0.15) is 0 Å². The summed E-state index contributed by atoms with van der Waals surface area (Å²) in [5.41, 5.74) is 3.02. The molecule has 0 fully saturated rings. The first-order valence-electron chi connectivity index (χ1n) is 9.35. The van der Waals surface area contributed by atoms with Crippen molar-refractivity contribution >= 4 is 27.9 Å². The van der Waals surface area contributed by atoms with Crippen molar-refractivity contribution < 1.29 is 9.53 Å². The Balaban J connectivity index is 1.77. The summed E-state index contributed by atoms with van der Waals surface area (Å²) in [5.74, 6) is 0.662. The van der Waals surface area contributed by atoms with Crippen molar-refractivity contribution in [3.8, 4) is 0 Å². The van der Waals surface area contributed by atoms with E-state index in [2.05, 4.69) is 29.2 Å². The van der Waals surface area contributed by atoms with Gasteiger partial charge in [-0.3, -0.25) is 4.98 Å². The third-order valence-corrected chi connectivity index (χ3v) is 4.49. The molecular formula is C23H23N3O2. The zero-order chi connectivity index (χ0) is 19.9. The molecule has 0 aliphatic heterocycles. The van der Waals surface area contributed by atoms with Crippen LogP contribution in [0.3, 0.4) is 0 Å². The summed E-state index contributed by atoms with van der Waals surface area (Å²) in [6.07, 6.45) is 2.00. The van der Waals surface area contributed by atoms with Gasteiger partial charge in [0.2, 0.25) is 0 Å². The molecule has 2 heterocycles. The van der Waals surface area contributed by atoms with Crippen LogP contribution in [0.15, 0.2) is 54.7 Å². The predicted molar refractivity (Wildman–Crippen MR) is 111 cm³/mol. The molecule has 4 aromatic rings. The summed E-state index contributed by atoms with van der Waals surface area (Å²) in [6, 6.07) is 15.9. The lowest BCUT2D eigenvalue weighted by Crippen LogP contribution is -2.28. The lowest BCUT2D eigenvalue weighted by molar-refractivity contribution is 0.0539. The van der Waals surface area contributed by atoms with Crippen LogP contribution in [0.1, 0.15) is 37.9 Å². The lowest BCUT2D eigenvalue weighted by Gasteiger charge is -2.20. The molecular weight excluding hydrogens is 350 g/mol. The van der Waals surface area contributed by atoms with Crippen LogP contribution in [-0.2, 0) is 11.2 Å². The van der Waals surface area contributed by atoms with Crippen molar-refractivity contribution in [2.75, 3.05) is 0 Å². The number of rotatable bonds is 2. The molecule has 5 heteroatoms. The normalized spacial score (nSPS) is 11.9. The number of benzene rings is 2. The molecule has 0 aliphatic carbocycles. The predicted octanol–water partition coefficient (Wildman–Crippen LogP) is 5.27. The van der Waals surface area contributed by atoms with E-state index in [0.717, 1.165) is 33.1 Å². The molecule has 142 valence electrons. The van der Waals surface area contributed by atoms with Gasteiger partial charge in [0.05, 0.1) is 11.0 Å². The Labute approximate surface area is 164 Å². The number of hydrogen-bond acceptors (Lipinski definition) is 4. The number of ether oxygens (including phenoxy) is 1. The molecule has 0 atom stereocenters. The number of pyridine rings is 1. The van der Waals surface area contributed by atoms with Gasteiger partial charge in [-0.1, -0.05) is 24.3 Å². The summed E-state index contributed by atoms with van der Waals surface area (Å²) in [6.45, 7) is 7.57. The molecule has 0 spiro atoms. The van der Waals surface area contributed by atoms with Crippen LogP contribution < -0.4 is 0 Å². The monoisotopic (exact) mass is 373 g/mol. The Hall–Kier alpha value is -3.21. The summed E-state index contributed by atoms with van der Waals surface area (Å²) in [7, 11) is 0. The molecule has 0 amide bonds. The van der Waals surface area contributed by atoms with E-state index >= 15 is 0 Å². The van der Waals surface area contributed by atoms with Crippen LogP contribution in [-0.4, -0.2) is 26.2 Å². The van der Waals surface area contributed by atoms with E-state index in [1.54, 1.807) is 4.57 Å². The SMILES string of the molecule is Cc1cc2ccc(Cc3nc4ccccc4n3C(=O)OC(C)(C)C)cc2cn1. The first kappa shape index (κ1) is 18.2. The minimum Gasteiger partial charge on any atom is -0.443 e. The van der Waals surface area contributed by atoms with Gasteiger partial charge in [0.15, 0.2) is 0 Å². The largest absolute Gasteiger partial charge is 0.443 e. The van der Waals surface area contributed by atoms with Crippen LogP contribution in [0.4, 0.5) is 4.79 Å². The second-order valence-electron chi connectivity index (χ2n) is 8.02. The van der Waals surface area contributed by atoms with Crippen LogP contribution in [0.5, 0.6) is 0 Å². The second kappa shape index (κ2) is 6.75. The standard InChI is InChI=1S/C23H23N3O2/c1-15-11-17-10-9-16(12-18(17)14-24-15)13-21-25-19-7-5-6-8-20(19)26(21)22(27)28-23(2,3)4/h5-12,14H,13H2,1-4H3. The molecule has 2 aromatic heterocycles. The Kier molecular flexibility index (Phi) is 4.38. The van der Waals surface area contributed by atoms with Crippen molar-refractivity contribution in [2.45, 2.75) is 39.7 Å². The minimum atomic E-state index is -0.577. The van der Waals surface area contributed by atoms with Crippen LogP contribution in [0.25, 0.3) is 21.8 Å². The van der Waals surface area contributed by atoms with Crippen LogP contribution in [0, 0.1) is 6.92 Å². The highest BCUT2D eigenvalue weighted by atomic mass is 16.6. The van der Waals surface area contributed by atoms with Gasteiger partial charge < -0.3 is 4.74 Å². The highest BCUT2D eigenvalue weighted by molar-refractivity contribution is 5.88. The smallest absolute Gasteiger partial charge is 0.420 e. The Morgan fingerprint density at radius 2 is 1.86 bits per heavy atom. The average Bonchev–Trinajstić information content (AvgIpc) is 2.98. The number of fused-ring (bicyclic) bond motifs is 2. The lowest BCUT2D eigenvalue weighted by atomic mass is 10.1. The first-order chi connectivity index (χ1) is 13.3. The number of aryl methyl sites for hydroxylation is 1. The summed E-state index contributed by atoms with van der Waals surface area (Å²) in [5, 5.41) is 2.22. The molecule has 0 aliphatic rings. The van der Waals surface area contributed by atoms with Crippen LogP contribution >= 0.6 is 0 Å². The maximum absolute atomic E-state index is 12.9. The number of nitrogens with zero attached hydrogens (tertiary/aromatic N) is 3. The summed E-state index contributed by atoms with van der Waals surface area (Å²) in [4.78, 5) is 22.0. The van der Waals surface area contributed by atoms with Crippen molar-refractivity contribution in [1.82, 2.24) is 14.5 Å². The van der Waals surface area contributed by atoms with Gasteiger partial charge in [0.1, 0.15) is 11.4 Å². The fourth-order valence-electron chi connectivity index (χ4n) is 3.30. The molecule has 0 saturated heterocycles. The van der Waals surface area contributed by atoms with Gasteiger partial charge >= 0.3 is 6.09 Å². The van der Waals surface area contributed by atoms with E-state index in [9.17, 15) is 4.79 Å². The number of imidazole rings is 1. The summed E-state index contributed by atoms with van der Waals surface area (Å²) >= 11 is 0. The van der Waals surface area contributed by atoms with Gasteiger partial charge in [0, 0.05) is 23.7 Å². The quantitative estimate of drug-likeness (QED) is 0.480. The number of para-hydroxylation sites is 2. The molecule has 0 bridgehead atoms. The highest BCUT2D eigenvalue weighted by Gasteiger charge is 2.23. The molecule has 28 heavy (non-hydrogen) atoms. The zero-order valence-electron chi connectivity index (χ0n) is 16.6. The highest BCUT2D eigenvalue weighted by Crippen LogP contribution is 2.23. The van der Waals surface area contributed by atoms with Crippen molar-refractivity contribution in [3.63, 3.8) is 0 Å². The van der Waals surface area contributed by atoms with E-state index in [1.807, 2.05) is 58.2 Å². The maximum atomic E-state index is 12.9. The van der Waals surface area contributed by atoms with E-state index < -0.39 is 11.7 Å². The topological polar surface area (TPSA) is 57.0 Å². The van der Waals surface area contributed by atoms with Gasteiger partial charge in [-0.15, -0.1) is 0 Å². The van der Waals surface area contributed by atoms with Crippen molar-refractivity contribution in [2.24, 2.45) is 0 Å². The third-order valence-electron chi connectivity index (χ3n) is 4.49. The zero-order valence-corrected chi connectivity index (χ0v) is 16.6. The van der Waals surface area contributed by atoms with Crippen LogP contribution in [0.2, 0.25) is 0 Å². The molecule has 0 unspecified atom stereocenters. The minimum absolute atomic E-state index is 0.408. The first-order valence-corrected chi connectivity index (χ1v) is 9.35. The molecule has 0 saturated carbocycles. The molecule has 0 N–H and O–H groups in total. The summed E-state index contributed by atoms with van der Waals surface area (Å²) < 4.78 is 7.21. The second-order valence-corrected chi connectivity index (χ2v) is 8.02. The van der Waals surface area contributed by atoms with E-state index in [0.29, 0.717) is 12.2 Å². The Morgan fingerprint density at radius 1 is 1.07 bits per heavy atom. The van der Waals surface area contributed by atoms with E-state index in [1.165, 1.54) is 0 Å². The average molecular weight is 373 g/mol. The van der Waals surface area contributed by atoms with E-state index in [-0.39, 0.29) is 0 Å². The van der Waals surface area contributed by atoms with Gasteiger partial charge in [-0.05, 0) is 62.9 Å². The van der Waals surface area contributed by atoms with Crippen molar-refractivity contribution in [3.05, 3.63) is 71.8 Å². The fourth-order valence-corrected chi connectivity index (χ4v) is 3.30. The van der Waals surface area contributed by atoms with Gasteiger partial charge in [-0.25, -0.2) is 14.3 Å². The fraction of sp³-hybridized carbons (Fsp3) is 0.261. The Morgan fingerprint density at radius 3 is 2.64 bits per heavy atom. The molecule has 0 radical (unpaired) electrons. The number of hydrogen-bond donors (Lipinski definition) is 0. The maximum Gasteiger partial charge on any atom is 0.420 e. The molecule has 5 nitrogen and oxygen atoms in total. The Bertz CT molecular complexity index is 1190. The van der Waals surface area contributed by atoms with Gasteiger partial charge in [0.25, 0.3) is 0 Å². The number of aromatic nitrogens is 3. The third kappa shape index (κ3) is 3.60. The molecule has 2 aromatic carbocycles. The number of carbonyl (C=O) groups is 1. The molecule has 4 rings (SSSR count).